The minimum Gasteiger partial charge on any atom is -0.0848 e. The second-order valence-electron chi connectivity index (χ2n) is 3.50. The molecule has 0 unspecified atom stereocenters. The molecule has 0 bridgehead atoms. The van der Waals surface area contributed by atoms with Gasteiger partial charge < -0.3 is 0 Å². The molecule has 0 nitrogen and oxygen atoms in total. The highest BCUT2D eigenvalue weighted by atomic mass is 13.9. The van der Waals surface area contributed by atoms with E-state index >= 15 is 0 Å². The first-order valence-electron chi connectivity index (χ1n) is 5.90. The molecule has 80 valence electrons. The Kier molecular flexibility index (Phi) is 11.5. The third-order valence-corrected chi connectivity index (χ3v) is 2.07. The topological polar surface area (TPSA) is 0 Å². The van der Waals surface area contributed by atoms with Crippen LogP contribution in [0.5, 0.6) is 0 Å². The molecule has 0 aromatic rings. The first-order valence-corrected chi connectivity index (χ1v) is 5.90. The SMILES string of the molecule is CCC=CC=CC=CCCCCCC. The molecule has 0 aliphatic heterocycles. The minimum absolute atomic E-state index is 1.12. The molecule has 0 aliphatic rings. The molecule has 0 rings (SSSR count). The maximum atomic E-state index is 2.26. The van der Waals surface area contributed by atoms with Crippen molar-refractivity contribution in [1.29, 1.82) is 0 Å². The van der Waals surface area contributed by atoms with Crippen molar-refractivity contribution in [2.75, 3.05) is 0 Å². The predicted molar refractivity (Wildman–Crippen MR) is 66.5 cm³/mol. The summed E-state index contributed by atoms with van der Waals surface area (Å²) in [6, 6.07) is 0. The molecular formula is C14H24. The van der Waals surface area contributed by atoms with E-state index in [1.165, 1.54) is 32.1 Å². The first kappa shape index (κ1) is 13.2. The van der Waals surface area contributed by atoms with Gasteiger partial charge in [-0.1, -0.05) is 69.6 Å². The van der Waals surface area contributed by atoms with Crippen molar-refractivity contribution in [1.82, 2.24) is 0 Å². The van der Waals surface area contributed by atoms with E-state index in [-0.39, 0.29) is 0 Å². The van der Waals surface area contributed by atoms with E-state index in [4.69, 9.17) is 0 Å². The Morgan fingerprint density at radius 1 is 0.714 bits per heavy atom. The van der Waals surface area contributed by atoms with Gasteiger partial charge in [0.05, 0.1) is 0 Å². The van der Waals surface area contributed by atoms with Crippen LogP contribution in [0.15, 0.2) is 36.5 Å². The van der Waals surface area contributed by atoms with E-state index in [9.17, 15) is 0 Å². The summed E-state index contributed by atoms with van der Waals surface area (Å²) in [5.41, 5.74) is 0. The third-order valence-electron chi connectivity index (χ3n) is 2.07. The van der Waals surface area contributed by atoms with Gasteiger partial charge in [0.1, 0.15) is 0 Å². The summed E-state index contributed by atoms with van der Waals surface area (Å²) in [4.78, 5) is 0. The van der Waals surface area contributed by atoms with Crippen LogP contribution in [-0.2, 0) is 0 Å². The molecule has 0 spiro atoms. The average molecular weight is 192 g/mol. The maximum absolute atomic E-state index is 2.26. The quantitative estimate of drug-likeness (QED) is 0.373. The Morgan fingerprint density at radius 2 is 1.43 bits per heavy atom. The molecule has 0 aliphatic carbocycles. The molecular weight excluding hydrogens is 168 g/mol. The van der Waals surface area contributed by atoms with Gasteiger partial charge in [-0.15, -0.1) is 0 Å². The van der Waals surface area contributed by atoms with Crippen molar-refractivity contribution in [2.24, 2.45) is 0 Å². The second kappa shape index (κ2) is 12.2. The summed E-state index contributed by atoms with van der Waals surface area (Å²) in [5.74, 6) is 0. The fourth-order valence-electron chi connectivity index (χ4n) is 1.21. The van der Waals surface area contributed by atoms with Crippen molar-refractivity contribution >= 4 is 0 Å². The number of hydrogen-bond acceptors (Lipinski definition) is 0. The average Bonchev–Trinajstić information content (AvgIpc) is 2.21. The van der Waals surface area contributed by atoms with Crippen molar-refractivity contribution in [2.45, 2.75) is 52.4 Å². The summed E-state index contributed by atoms with van der Waals surface area (Å²) < 4.78 is 0. The van der Waals surface area contributed by atoms with Crippen molar-refractivity contribution in [3.05, 3.63) is 36.5 Å². The van der Waals surface area contributed by atoms with Gasteiger partial charge in [0, 0.05) is 0 Å². The summed E-state index contributed by atoms with van der Waals surface area (Å²) >= 11 is 0. The van der Waals surface area contributed by atoms with Gasteiger partial charge in [-0.25, -0.2) is 0 Å². The lowest BCUT2D eigenvalue weighted by atomic mass is 10.1. The predicted octanol–water partition coefficient (Wildman–Crippen LogP) is 5.04. The second-order valence-corrected chi connectivity index (χ2v) is 3.50. The van der Waals surface area contributed by atoms with Crippen LogP contribution in [0.25, 0.3) is 0 Å². The molecule has 14 heavy (non-hydrogen) atoms. The molecule has 0 heterocycles. The van der Waals surface area contributed by atoms with Gasteiger partial charge in [0.15, 0.2) is 0 Å². The number of unbranched alkanes of at least 4 members (excludes halogenated alkanes) is 4. The van der Waals surface area contributed by atoms with Crippen LogP contribution in [0, 0.1) is 0 Å². The Labute approximate surface area is 89.4 Å². The summed E-state index contributed by atoms with van der Waals surface area (Å²) in [7, 11) is 0. The smallest absolute Gasteiger partial charge is 0.0348 e. The zero-order chi connectivity index (χ0) is 10.5. The van der Waals surface area contributed by atoms with Gasteiger partial charge in [-0.3, -0.25) is 0 Å². The highest BCUT2D eigenvalue weighted by molar-refractivity contribution is 5.10. The van der Waals surface area contributed by atoms with Crippen molar-refractivity contribution < 1.29 is 0 Å². The highest BCUT2D eigenvalue weighted by Crippen LogP contribution is 2.02. The monoisotopic (exact) mass is 192 g/mol. The van der Waals surface area contributed by atoms with Crippen molar-refractivity contribution in [3.63, 3.8) is 0 Å². The molecule has 0 saturated heterocycles. The van der Waals surface area contributed by atoms with E-state index in [1.54, 1.807) is 0 Å². The maximum Gasteiger partial charge on any atom is -0.0348 e. The van der Waals surface area contributed by atoms with Gasteiger partial charge in [0.2, 0.25) is 0 Å². The fraction of sp³-hybridized carbons (Fsp3) is 0.571. The summed E-state index contributed by atoms with van der Waals surface area (Å²) in [5, 5.41) is 0. The Morgan fingerprint density at radius 3 is 2.07 bits per heavy atom. The Bertz CT molecular complexity index is 172. The zero-order valence-corrected chi connectivity index (χ0v) is 9.71. The van der Waals surface area contributed by atoms with Gasteiger partial charge in [-0.05, 0) is 19.3 Å². The van der Waals surface area contributed by atoms with Crippen LogP contribution in [0.2, 0.25) is 0 Å². The minimum atomic E-state index is 1.12. The molecule has 0 N–H and O–H groups in total. The van der Waals surface area contributed by atoms with E-state index in [2.05, 4.69) is 50.3 Å². The van der Waals surface area contributed by atoms with E-state index < -0.39 is 0 Å². The molecule has 0 saturated carbocycles. The largest absolute Gasteiger partial charge is 0.0848 e. The lowest BCUT2D eigenvalue weighted by Crippen LogP contribution is -1.72. The van der Waals surface area contributed by atoms with Crippen LogP contribution in [0.1, 0.15) is 52.4 Å². The summed E-state index contributed by atoms with van der Waals surface area (Å²) in [6.45, 7) is 4.40. The van der Waals surface area contributed by atoms with E-state index in [1.807, 2.05) is 0 Å². The molecule has 0 amide bonds. The van der Waals surface area contributed by atoms with Crippen LogP contribution in [0.4, 0.5) is 0 Å². The highest BCUT2D eigenvalue weighted by Gasteiger charge is 1.82. The molecule has 0 heteroatoms. The van der Waals surface area contributed by atoms with Crippen LogP contribution in [-0.4, -0.2) is 0 Å². The molecule has 0 aromatic heterocycles. The lowest BCUT2D eigenvalue weighted by Gasteiger charge is -1.92. The van der Waals surface area contributed by atoms with E-state index in [0.717, 1.165) is 6.42 Å². The zero-order valence-electron chi connectivity index (χ0n) is 9.71. The molecule has 0 aromatic carbocycles. The van der Waals surface area contributed by atoms with Crippen LogP contribution >= 0.6 is 0 Å². The first-order chi connectivity index (χ1) is 6.91. The fourth-order valence-corrected chi connectivity index (χ4v) is 1.21. The number of hydrogen-bond donors (Lipinski definition) is 0. The van der Waals surface area contributed by atoms with E-state index in [0.29, 0.717) is 0 Å². The number of allylic oxidation sites excluding steroid dienone is 6. The number of rotatable bonds is 8. The van der Waals surface area contributed by atoms with Gasteiger partial charge in [-0.2, -0.15) is 0 Å². The Hall–Kier alpha value is -0.780. The van der Waals surface area contributed by atoms with Crippen molar-refractivity contribution in [3.8, 4) is 0 Å². The molecule has 0 fully saturated rings. The van der Waals surface area contributed by atoms with Gasteiger partial charge >= 0.3 is 0 Å². The third kappa shape index (κ3) is 11.2. The normalized spacial score (nSPS) is 12.4. The molecule has 0 atom stereocenters. The van der Waals surface area contributed by atoms with Crippen LogP contribution in [0.3, 0.4) is 0 Å². The van der Waals surface area contributed by atoms with Gasteiger partial charge in [0.25, 0.3) is 0 Å². The summed E-state index contributed by atoms with van der Waals surface area (Å²) in [6.07, 6.45) is 20.6. The van der Waals surface area contributed by atoms with Crippen LogP contribution < -0.4 is 0 Å². The Balaban J connectivity index is 3.26. The molecule has 0 radical (unpaired) electrons. The standard InChI is InChI=1S/C14H24/c1-3-5-7-9-11-13-14-12-10-8-6-4-2/h5,7,9,11,13-14H,3-4,6,8,10,12H2,1-2H3. The lowest BCUT2D eigenvalue weighted by molar-refractivity contribution is 0.674.